The van der Waals surface area contributed by atoms with Crippen molar-refractivity contribution in [2.45, 2.75) is 37.5 Å². The van der Waals surface area contributed by atoms with E-state index in [-0.39, 0.29) is 5.60 Å². The molecule has 0 radical (unpaired) electrons. The number of ether oxygens (including phenoxy) is 2. The third-order valence-electron chi connectivity index (χ3n) is 5.49. The second-order valence-electron chi connectivity index (χ2n) is 7.17. The Morgan fingerprint density at radius 2 is 1.92 bits per heavy atom. The van der Waals surface area contributed by atoms with Crippen molar-refractivity contribution in [1.29, 1.82) is 0 Å². The number of aliphatic hydroxyl groups is 1. The predicted octanol–water partition coefficient (Wildman–Crippen LogP) is 3.55. The predicted molar refractivity (Wildman–Crippen MR) is 96.9 cm³/mol. The highest BCUT2D eigenvalue weighted by molar-refractivity contribution is 5.44. The number of rotatable bonds is 3. The van der Waals surface area contributed by atoms with Crippen molar-refractivity contribution < 1.29 is 14.6 Å². The summed E-state index contributed by atoms with van der Waals surface area (Å²) in [4.78, 5) is 2.47. The molecular weight excluding hydrogens is 314 g/mol. The van der Waals surface area contributed by atoms with Crippen molar-refractivity contribution in [2.24, 2.45) is 0 Å². The molecule has 0 aliphatic carbocycles. The minimum atomic E-state index is -0.463. The molecule has 2 heterocycles. The maximum Gasteiger partial charge on any atom is 0.129 e. The molecule has 4 nitrogen and oxygen atoms in total. The van der Waals surface area contributed by atoms with Gasteiger partial charge in [0.2, 0.25) is 0 Å². The summed E-state index contributed by atoms with van der Waals surface area (Å²) in [6.45, 7) is 2.95. The van der Waals surface area contributed by atoms with Gasteiger partial charge in [-0.1, -0.05) is 30.3 Å². The lowest BCUT2D eigenvalue weighted by Crippen LogP contribution is -2.50. The molecule has 1 N–H and O–H groups in total. The van der Waals surface area contributed by atoms with Gasteiger partial charge in [0.25, 0.3) is 0 Å². The Morgan fingerprint density at radius 1 is 1.16 bits per heavy atom. The number of benzene rings is 2. The second kappa shape index (κ2) is 6.70. The van der Waals surface area contributed by atoms with Crippen LogP contribution in [0.2, 0.25) is 0 Å². The van der Waals surface area contributed by atoms with Gasteiger partial charge in [0.15, 0.2) is 0 Å². The zero-order chi connectivity index (χ0) is 17.3. The molecule has 132 valence electrons. The third kappa shape index (κ3) is 3.37. The fourth-order valence-corrected chi connectivity index (χ4v) is 4.01. The molecule has 1 unspecified atom stereocenters. The van der Waals surface area contributed by atoms with Crippen molar-refractivity contribution in [3.63, 3.8) is 0 Å². The number of fused-ring (bicyclic) bond motifs is 1. The normalized spacial score (nSPS) is 22.2. The first-order chi connectivity index (χ1) is 12.2. The number of nitrogens with zero attached hydrogens (tertiary/aromatic N) is 1. The SMILES string of the molecule is COc1ccc2c(c1)OC1(CCN(Cc3ccccc3)CC1)CC2O. The van der Waals surface area contributed by atoms with Gasteiger partial charge in [0.05, 0.1) is 13.2 Å². The molecule has 2 aliphatic rings. The van der Waals surface area contributed by atoms with Crippen molar-refractivity contribution >= 4 is 0 Å². The standard InChI is InChI=1S/C21H25NO3/c1-24-17-7-8-18-19(23)14-21(25-20(18)13-17)9-11-22(12-10-21)15-16-5-3-2-4-6-16/h2-8,13,19,23H,9-12,14-15H2,1H3. The lowest BCUT2D eigenvalue weighted by Gasteiger charge is -2.46. The third-order valence-corrected chi connectivity index (χ3v) is 5.49. The van der Waals surface area contributed by atoms with Crippen molar-refractivity contribution in [3.05, 3.63) is 59.7 Å². The van der Waals surface area contributed by atoms with Gasteiger partial charge in [-0.3, -0.25) is 4.90 Å². The minimum Gasteiger partial charge on any atom is -0.497 e. The van der Waals surface area contributed by atoms with E-state index in [2.05, 4.69) is 35.2 Å². The van der Waals surface area contributed by atoms with Crippen LogP contribution in [0.25, 0.3) is 0 Å². The van der Waals surface area contributed by atoms with Crippen LogP contribution in [0.4, 0.5) is 0 Å². The molecule has 1 saturated heterocycles. The molecule has 1 spiro atoms. The summed E-state index contributed by atoms with van der Waals surface area (Å²) in [6, 6.07) is 16.3. The Morgan fingerprint density at radius 3 is 2.64 bits per heavy atom. The molecule has 25 heavy (non-hydrogen) atoms. The summed E-state index contributed by atoms with van der Waals surface area (Å²) in [7, 11) is 1.65. The molecule has 0 bridgehead atoms. The van der Waals surface area contributed by atoms with Crippen molar-refractivity contribution in [3.8, 4) is 11.5 Å². The number of likely N-dealkylation sites (tertiary alicyclic amines) is 1. The first kappa shape index (κ1) is 16.4. The summed E-state index contributed by atoms with van der Waals surface area (Å²) in [5.74, 6) is 1.54. The molecule has 2 aromatic rings. The van der Waals surface area contributed by atoms with E-state index in [1.165, 1.54) is 5.56 Å². The van der Waals surface area contributed by atoms with Gasteiger partial charge in [-0.15, -0.1) is 0 Å². The maximum atomic E-state index is 10.6. The Kier molecular flexibility index (Phi) is 4.40. The topological polar surface area (TPSA) is 41.9 Å². The van der Waals surface area contributed by atoms with Crippen LogP contribution in [0, 0.1) is 0 Å². The first-order valence-corrected chi connectivity index (χ1v) is 8.99. The number of aliphatic hydroxyl groups excluding tert-OH is 1. The van der Waals surface area contributed by atoms with Gasteiger partial charge in [0, 0.05) is 37.7 Å². The summed E-state index contributed by atoms with van der Waals surface area (Å²) in [5, 5.41) is 10.6. The van der Waals surface area contributed by atoms with E-state index in [1.54, 1.807) is 7.11 Å². The summed E-state index contributed by atoms with van der Waals surface area (Å²) in [6.07, 6.45) is 2.09. The average Bonchev–Trinajstić information content (AvgIpc) is 2.64. The Hall–Kier alpha value is -2.04. The Balaban J connectivity index is 1.45. The lowest BCUT2D eigenvalue weighted by atomic mass is 9.81. The zero-order valence-corrected chi connectivity index (χ0v) is 14.6. The Bertz CT molecular complexity index is 723. The van der Waals surface area contributed by atoms with Gasteiger partial charge in [-0.2, -0.15) is 0 Å². The van der Waals surface area contributed by atoms with Crippen LogP contribution in [-0.2, 0) is 6.54 Å². The van der Waals surface area contributed by atoms with Crippen LogP contribution in [0.15, 0.2) is 48.5 Å². The van der Waals surface area contributed by atoms with Crippen LogP contribution in [0.5, 0.6) is 11.5 Å². The monoisotopic (exact) mass is 339 g/mol. The van der Waals surface area contributed by atoms with Crippen LogP contribution < -0.4 is 9.47 Å². The summed E-state index contributed by atoms with van der Waals surface area (Å²) in [5.41, 5.74) is 1.96. The first-order valence-electron chi connectivity index (χ1n) is 8.99. The number of hydrogen-bond donors (Lipinski definition) is 1. The van der Waals surface area contributed by atoms with Crippen LogP contribution in [-0.4, -0.2) is 35.8 Å². The van der Waals surface area contributed by atoms with E-state index in [0.29, 0.717) is 6.42 Å². The zero-order valence-electron chi connectivity index (χ0n) is 14.6. The molecule has 0 amide bonds. The quantitative estimate of drug-likeness (QED) is 0.929. The van der Waals surface area contributed by atoms with E-state index in [4.69, 9.17) is 9.47 Å². The average molecular weight is 339 g/mol. The van der Waals surface area contributed by atoms with Crippen molar-refractivity contribution in [2.75, 3.05) is 20.2 Å². The van der Waals surface area contributed by atoms with Gasteiger partial charge in [0.1, 0.15) is 17.1 Å². The smallest absolute Gasteiger partial charge is 0.129 e. The highest BCUT2D eigenvalue weighted by atomic mass is 16.5. The van der Waals surface area contributed by atoms with Gasteiger partial charge >= 0.3 is 0 Å². The Labute approximate surface area is 149 Å². The highest BCUT2D eigenvalue weighted by Gasteiger charge is 2.42. The highest BCUT2D eigenvalue weighted by Crippen LogP contribution is 2.45. The second-order valence-corrected chi connectivity index (χ2v) is 7.17. The largest absolute Gasteiger partial charge is 0.497 e. The molecular formula is C21H25NO3. The molecule has 1 fully saturated rings. The van der Waals surface area contributed by atoms with E-state index in [1.807, 2.05) is 18.2 Å². The van der Waals surface area contributed by atoms with Crippen LogP contribution >= 0.6 is 0 Å². The fraction of sp³-hybridized carbons (Fsp3) is 0.429. The summed E-state index contributed by atoms with van der Waals surface area (Å²) >= 11 is 0. The molecule has 0 saturated carbocycles. The van der Waals surface area contributed by atoms with Gasteiger partial charge in [-0.05, 0) is 30.5 Å². The van der Waals surface area contributed by atoms with Crippen LogP contribution in [0.1, 0.15) is 36.5 Å². The van der Waals surface area contributed by atoms with E-state index < -0.39 is 6.10 Å². The molecule has 2 aromatic carbocycles. The van der Waals surface area contributed by atoms with E-state index >= 15 is 0 Å². The molecule has 1 atom stereocenters. The summed E-state index contributed by atoms with van der Waals surface area (Å²) < 4.78 is 11.7. The minimum absolute atomic E-state index is 0.258. The number of hydrogen-bond acceptors (Lipinski definition) is 4. The maximum absolute atomic E-state index is 10.6. The number of methoxy groups -OCH3 is 1. The van der Waals surface area contributed by atoms with E-state index in [9.17, 15) is 5.11 Å². The molecule has 2 aliphatic heterocycles. The van der Waals surface area contributed by atoms with Gasteiger partial charge in [-0.25, -0.2) is 0 Å². The molecule has 4 heteroatoms. The van der Waals surface area contributed by atoms with Gasteiger partial charge < -0.3 is 14.6 Å². The fourth-order valence-electron chi connectivity index (χ4n) is 4.01. The number of piperidine rings is 1. The molecule has 4 rings (SSSR count). The van der Waals surface area contributed by atoms with E-state index in [0.717, 1.165) is 49.5 Å². The molecule has 0 aromatic heterocycles. The van der Waals surface area contributed by atoms with Crippen molar-refractivity contribution in [1.82, 2.24) is 4.90 Å². The lowest BCUT2D eigenvalue weighted by molar-refractivity contribution is -0.0552. The van der Waals surface area contributed by atoms with Crippen LogP contribution in [0.3, 0.4) is 0 Å².